The molecule has 2 rings (SSSR count). The summed E-state index contributed by atoms with van der Waals surface area (Å²) in [6, 6.07) is 7.97. The number of carboxylic acid groups (broad SMARTS) is 1. The molecule has 1 unspecified atom stereocenters. The second-order valence-corrected chi connectivity index (χ2v) is 5.15. The SMILES string of the molecule is CC(C)C(Nc1cc(C(=O)O)nc2ccccc12)C(N)=O. The fourth-order valence-corrected chi connectivity index (χ4v) is 2.14. The number of amides is 1. The molecule has 4 N–H and O–H groups in total. The molecule has 21 heavy (non-hydrogen) atoms. The lowest BCUT2D eigenvalue weighted by atomic mass is 10.0. The van der Waals surface area contributed by atoms with Gasteiger partial charge in [-0.1, -0.05) is 32.0 Å². The van der Waals surface area contributed by atoms with Crippen LogP contribution in [0.1, 0.15) is 24.3 Å². The summed E-state index contributed by atoms with van der Waals surface area (Å²) in [4.78, 5) is 26.8. The van der Waals surface area contributed by atoms with Gasteiger partial charge in [0.2, 0.25) is 5.91 Å². The van der Waals surface area contributed by atoms with Gasteiger partial charge in [-0.05, 0) is 18.1 Å². The highest BCUT2D eigenvalue weighted by molar-refractivity contribution is 5.98. The molecule has 1 aromatic heterocycles. The molecule has 0 saturated carbocycles. The third kappa shape index (κ3) is 3.10. The van der Waals surface area contributed by atoms with Crippen LogP contribution in [0.3, 0.4) is 0 Å². The molecule has 0 aliphatic rings. The zero-order valence-corrected chi connectivity index (χ0v) is 11.8. The summed E-state index contributed by atoms with van der Waals surface area (Å²) in [7, 11) is 0. The summed E-state index contributed by atoms with van der Waals surface area (Å²) in [6.07, 6.45) is 0. The maximum atomic E-state index is 11.5. The van der Waals surface area contributed by atoms with Gasteiger partial charge in [-0.25, -0.2) is 9.78 Å². The van der Waals surface area contributed by atoms with Crippen molar-refractivity contribution in [2.24, 2.45) is 11.7 Å². The minimum absolute atomic E-state index is 0.0253. The number of benzene rings is 1. The Morgan fingerprint density at radius 2 is 1.95 bits per heavy atom. The van der Waals surface area contributed by atoms with Crippen LogP contribution in [0, 0.1) is 5.92 Å². The van der Waals surface area contributed by atoms with Crippen molar-refractivity contribution in [3.05, 3.63) is 36.0 Å². The lowest BCUT2D eigenvalue weighted by molar-refractivity contribution is -0.119. The van der Waals surface area contributed by atoms with Crippen LogP contribution >= 0.6 is 0 Å². The van der Waals surface area contributed by atoms with Crippen molar-refractivity contribution >= 4 is 28.5 Å². The fourth-order valence-electron chi connectivity index (χ4n) is 2.14. The number of pyridine rings is 1. The summed E-state index contributed by atoms with van der Waals surface area (Å²) in [5.74, 6) is -1.63. The molecule has 1 amide bonds. The molecule has 6 nitrogen and oxygen atoms in total. The van der Waals surface area contributed by atoms with Crippen molar-refractivity contribution in [2.75, 3.05) is 5.32 Å². The normalized spacial score (nSPS) is 12.3. The molecular weight excluding hydrogens is 270 g/mol. The van der Waals surface area contributed by atoms with Crippen LogP contribution in [-0.4, -0.2) is 28.0 Å². The van der Waals surface area contributed by atoms with Gasteiger partial charge in [0.25, 0.3) is 0 Å². The Hall–Kier alpha value is -2.63. The molecule has 0 spiro atoms. The molecule has 0 bridgehead atoms. The number of aromatic nitrogens is 1. The summed E-state index contributed by atoms with van der Waals surface area (Å²) in [5, 5.41) is 12.9. The smallest absolute Gasteiger partial charge is 0.354 e. The van der Waals surface area contributed by atoms with E-state index >= 15 is 0 Å². The first kappa shape index (κ1) is 14.8. The molecular formula is C15H17N3O3. The van der Waals surface area contributed by atoms with Crippen molar-refractivity contribution in [1.82, 2.24) is 4.98 Å². The molecule has 6 heteroatoms. The number of para-hydroxylation sites is 1. The van der Waals surface area contributed by atoms with Crippen molar-refractivity contribution < 1.29 is 14.7 Å². The first-order valence-corrected chi connectivity index (χ1v) is 6.59. The lowest BCUT2D eigenvalue weighted by Gasteiger charge is -2.21. The minimum Gasteiger partial charge on any atom is -0.477 e. The van der Waals surface area contributed by atoms with Gasteiger partial charge in [0, 0.05) is 11.1 Å². The molecule has 2 aromatic rings. The maximum Gasteiger partial charge on any atom is 0.354 e. The molecule has 1 aromatic carbocycles. The Labute approximate surface area is 122 Å². The highest BCUT2D eigenvalue weighted by atomic mass is 16.4. The summed E-state index contributed by atoms with van der Waals surface area (Å²) in [6.45, 7) is 3.73. The van der Waals surface area contributed by atoms with E-state index in [0.29, 0.717) is 11.2 Å². The van der Waals surface area contributed by atoms with Gasteiger partial charge in [0.05, 0.1) is 5.52 Å². The van der Waals surface area contributed by atoms with Crippen LogP contribution in [0.25, 0.3) is 10.9 Å². The Bertz CT molecular complexity index is 698. The van der Waals surface area contributed by atoms with Crippen molar-refractivity contribution in [3.8, 4) is 0 Å². The summed E-state index contributed by atoms with van der Waals surface area (Å²) in [5.41, 5.74) is 6.40. The highest BCUT2D eigenvalue weighted by Crippen LogP contribution is 2.25. The van der Waals surface area contributed by atoms with Gasteiger partial charge in [0.15, 0.2) is 5.69 Å². The predicted octanol–water partition coefficient (Wildman–Crippen LogP) is 1.85. The summed E-state index contributed by atoms with van der Waals surface area (Å²) < 4.78 is 0. The monoisotopic (exact) mass is 287 g/mol. The molecule has 0 saturated heterocycles. The Morgan fingerprint density at radius 1 is 1.29 bits per heavy atom. The van der Waals surface area contributed by atoms with Crippen LogP contribution in [0.5, 0.6) is 0 Å². The van der Waals surface area contributed by atoms with Crippen LogP contribution < -0.4 is 11.1 Å². The highest BCUT2D eigenvalue weighted by Gasteiger charge is 2.21. The first-order chi connectivity index (χ1) is 9.90. The molecule has 0 fully saturated rings. The number of rotatable bonds is 5. The van der Waals surface area contributed by atoms with E-state index in [2.05, 4.69) is 10.3 Å². The maximum absolute atomic E-state index is 11.5. The van der Waals surface area contributed by atoms with Crippen molar-refractivity contribution in [2.45, 2.75) is 19.9 Å². The third-order valence-electron chi connectivity index (χ3n) is 3.22. The van der Waals surface area contributed by atoms with E-state index in [0.717, 1.165) is 5.39 Å². The number of carbonyl (C=O) groups excluding carboxylic acids is 1. The number of nitrogens with one attached hydrogen (secondary N) is 1. The van der Waals surface area contributed by atoms with Gasteiger partial charge in [-0.3, -0.25) is 4.79 Å². The lowest BCUT2D eigenvalue weighted by Crippen LogP contribution is -2.39. The molecule has 0 aliphatic carbocycles. The van der Waals surface area contributed by atoms with E-state index in [-0.39, 0.29) is 11.6 Å². The number of hydrogen-bond donors (Lipinski definition) is 3. The number of hydrogen-bond acceptors (Lipinski definition) is 4. The second-order valence-electron chi connectivity index (χ2n) is 5.15. The van der Waals surface area contributed by atoms with Gasteiger partial charge in [-0.15, -0.1) is 0 Å². The Balaban J connectivity index is 2.55. The molecule has 0 aliphatic heterocycles. The number of carboxylic acids is 1. The van der Waals surface area contributed by atoms with Gasteiger partial charge < -0.3 is 16.2 Å². The van der Waals surface area contributed by atoms with Crippen LogP contribution in [0.4, 0.5) is 5.69 Å². The quantitative estimate of drug-likeness (QED) is 0.778. The van der Waals surface area contributed by atoms with Crippen LogP contribution in [0.15, 0.2) is 30.3 Å². The minimum atomic E-state index is -1.12. The van der Waals surface area contributed by atoms with E-state index in [4.69, 9.17) is 10.8 Å². The second kappa shape index (κ2) is 5.78. The van der Waals surface area contributed by atoms with Crippen molar-refractivity contribution in [3.63, 3.8) is 0 Å². The largest absolute Gasteiger partial charge is 0.477 e. The topological polar surface area (TPSA) is 105 Å². The Kier molecular flexibility index (Phi) is 4.07. The average Bonchev–Trinajstić information content (AvgIpc) is 2.43. The fraction of sp³-hybridized carbons (Fsp3) is 0.267. The molecule has 110 valence electrons. The van der Waals surface area contributed by atoms with Gasteiger partial charge in [0.1, 0.15) is 6.04 Å². The average molecular weight is 287 g/mol. The van der Waals surface area contributed by atoms with E-state index in [1.54, 1.807) is 12.1 Å². The van der Waals surface area contributed by atoms with E-state index in [9.17, 15) is 9.59 Å². The molecule has 1 heterocycles. The summed E-state index contributed by atoms with van der Waals surface area (Å²) >= 11 is 0. The zero-order valence-electron chi connectivity index (χ0n) is 11.8. The Morgan fingerprint density at radius 3 is 2.52 bits per heavy atom. The number of nitrogens with two attached hydrogens (primary N) is 1. The molecule has 0 radical (unpaired) electrons. The third-order valence-corrected chi connectivity index (χ3v) is 3.22. The molecule has 1 atom stereocenters. The number of fused-ring (bicyclic) bond motifs is 1. The zero-order chi connectivity index (χ0) is 15.6. The number of anilines is 1. The van der Waals surface area contributed by atoms with Crippen LogP contribution in [0.2, 0.25) is 0 Å². The van der Waals surface area contributed by atoms with E-state index < -0.39 is 17.9 Å². The predicted molar refractivity (Wildman–Crippen MR) is 80.1 cm³/mol. The first-order valence-electron chi connectivity index (χ1n) is 6.59. The number of nitrogens with zero attached hydrogens (tertiary/aromatic N) is 1. The van der Waals surface area contributed by atoms with Gasteiger partial charge in [-0.2, -0.15) is 0 Å². The van der Waals surface area contributed by atoms with Gasteiger partial charge >= 0.3 is 5.97 Å². The van der Waals surface area contributed by atoms with E-state index in [1.165, 1.54) is 6.07 Å². The number of aromatic carboxylic acids is 1. The number of carbonyl (C=O) groups is 2. The van der Waals surface area contributed by atoms with E-state index in [1.807, 2.05) is 26.0 Å². The standard InChI is InChI=1S/C15H17N3O3/c1-8(2)13(14(16)19)18-11-7-12(15(20)21)17-10-6-4-3-5-9(10)11/h3-8,13H,1-2H3,(H2,16,19)(H,17,18)(H,20,21). The van der Waals surface area contributed by atoms with Crippen molar-refractivity contribution in [1.29, 1.82) is 0 Å². The number of primary amides is 1. The van der Waals surface area contributed by atoms with Crippen LogP contribution in [-0.2, 0) is 4.79 Å².